The number of Topliss-reactive ketones (excluding diaryl/α,β-unsaturated/α-hetero) is 1. The number of allylic oxidation sites excluding steroid dienone is 3. The lowest BCUT2D eigenvalue weighted by atomic mass is 9.80. The van der Waals surface area contributed by atoms with Gasteiger partial charge < -0.3 is 4.90 Å². The van der Waals surface area contributed by atoms with Gasteiger partial charge in [-0.2, -0.15) is 0 Å². The number of hydrogen-bond donors (Lipinski definition) is 0. The molecule has 0 aromatic heterocycles. The van der Waals surface area contributed by atoms with Crippen LogP contribution < -0.4 is 0 Å². The van der Waals surface area contributed by atoms with Crippen LogP contribution in [0.2, 0.25) is 0 Å². The SMILES string of the molecule is CC(C)(C)C1=CC(=O)C=C(N(CCCl)CCCl)C1=O. The van der Waals surface area contributed by atoms with E-state index in [1.165, 1.54) is 12.2 Å². The summed E-state index contributed by atoms with van der Waals surface area (Å²) >= 11 is 11.5. The summed E-state index contributed by atoms with van der Waals surface area (Å²) in [6, 6.07) is 0. The maximum Gasteiger partial charge on any atom is 0.205 e. The van der Waals surface area contributed by atoms with Gasteiger partial charge in [0.1, 0.15) is 0 Å². The first-order chi connectivity index (χ1) is 8.81. The Morgan fingerprint density at radius 2 is 1.58 bits per heavy atom. The Labute approximate surface area is 124 Å². The molecule has 1 aliphatic carbocycles. The second-order valence-electron chi connectivity index (χ2n) is 5.43. The maximum atomic E-state index is 12.5. The van der Waals surface area contributed by atoms with Crippen LogP contribution in [0.5, 0.6) is 0 Å². The predicted octanol–water partition coefficient (Wildman–Crippen LogP) is 2.77. The van der Waals surface area contributed by atoms with E-state index in [0.29, 0.717) is 36.1 Å². The van der Waals surface area contributed by atoms with Crippen molar-refractivity contribution in [3.05, 3.63) is 23.4 Å². The van der Waals surface area contributed by atoms with Crippen LogP contribution >= 0.6 is 23.2 Å². The zero-order valence-electron chi connectivity index (χ0n) is 11.5. The zero-order chi connectivity index (χ0) is 14.6. The fraction of sp³-hybridized carbons (Fsp3) is 0.571. The van der Waals surface area contributed by atoms with Crippen molar-refractivity contribution in [2.45, 2.75) is 20.8 Å². The Morgan fingerprint density at radius 1 is 1.05 bits per heavy atom. The minimum atomic E-state index is -0.361. The first kappa shape index (κ1) is 16.3. The van der Waals surface area contributed by atoms with Crippen LogP contribution in [-0.2, 0) is 9.59 Å². The van der Waals surface area contributed by atoms with Gasteiger partial charge in [0.05, 0.1) is 5.70 Å². The molecule has 106 valence electrons. The Morgan fingerprint density at radius 3 is 2.00 bits per heavy atom. The van der Waals surface area contributed by atoms with E-state index in [9.17, 15) is 9.59 Å². The van der Waals surface area contributed by atoms with Gasteiger partial charge in [-0.15, -0.1) is 23.2 Å². The van der Waals surface area contributed by atoms with Gasteiger partial charge in [0.2, 0.25) is 5.78 Å². The third-order valence-corrected chi connectivity index (χ3v) is 3.24. The third-order valence-electron chi connectivity index (χ3n) is 2.90. The first-order valence-corrected chi connectivity index (χ1v) is 7.27. The molecule has 0 N–H and O–H groups in total. The molecule has 1 aliphatic rings. The van der Waals surface area contributed by atoms with E-state index >= 15 is 0 Å². The van der Waals surface area contributed by atoms with Crippen molar-refractivity contribution in [1.82, 2.24) is 4.90 Å². The quantitative estimate of drug-likeness (QED) is 0.579. The molecule has 0 heterocycles. The second-order valence-corrected chi connectivity index (χ2v) is 6.19. The van der Waals surface area contributed by atoms with Crippen LogP contribution in [-0.4, -0.2) is 41.3 Å². The van der Waals surface area contributed by atoms with Crippen LogP contribution in [0.4, 0.5) is 0 Å². The van der Waals surface area contributed by atoms with Gasteiger partial charge in [-0.05, 0) is 11.5 Å². The van der Waals surface area contributed by atoms with Crippen molar-refractivity contribution in [3.63, 3.8) is 0 Å². The molecule has 0 amide bonds. The molecule has 19 heavy (non-hydrogen) atoms. The van der Waals surface area contributed by atoms with Crippen molar-refractivity contribution in [3.8, 4) is 0 Å². The summed E-state index contributed by atoms with van der Waals surface area (Å²) in [5, 5.41) is 0. The highest BCUT2D eigenvalue weighted by molar-refractivity contribution is 6.21. The van der Waals surface area contributed by atoms with E-state index in [4.69, 9.17) is 23.2 Å². The lowest BCUT2D eigenvalue weighted by Crippen LogP contribution is -2.36. The monoisotopic (exact) mass is 303 g/mol. The maximum absolute atomic E-state index is 12.5. The van der Waals surface area contributed by atoms with Crippen molar-refractivity contribution in [2.75, 3.05) is 24.8 Å². The van der Waals surface area contributed by atoms with Gasteiger partial charge in [-0.3, -0.25) is 9.59 Å². The number of halogens is 2. The molecular weight excluding hydrogens is 285 g/mol. The number of rotatable bonds is 5. The van der Waals surface area contributed by atoms with E-state index < -0.39 is 0 Å². The minimum absolute atomic E-state index is 0.109. The number of hydrogen-bond acceptors (Lipinski definition) is 3. The standard InChI is InChI=1S/C14H19Cl2NO2/c1-14(2,3)11-8-10(18)9-12(13(11)19)17(6-4-15)7-5-16/h8-9H,4-7H2,1-3H3. The number of nitrogens with zero attached hydrogens (tertiary/aromatic N) is 1. The fourth-order valence-electron chi connectivity index (χ4n) is 1.94. The first-order valence-electron chi connectivity index (χ1n) is 6.20. The molecule has 0 bridgehead atoms. The molecule has 0 saturated carbocycles. The molecule has 0 fully saturated rings. The van der Waals surface area contributed by atoms with E-state index in [2.05, 4.69) is 0 Å². The molecular formula is C14H19Cl2NO2. The summed E-state index contributed by atoms with van der Waals surface area (Å²) in [4.78, 5) is 26.1. The lowest BCUT2D eigenvalue weighted by Gasteiger charge is -2.30. The Kier molecular flexibility index (Phi) is 5.63. The fourth-order valence-corrected chi connectivity index (χ4v) is 2.34. The van der Waals surface area contributed by atoms with Crippen LogP contribution in [0, 0.1) is 5.41 Å². The van der Waals surface area contributed by atoms with Gasteiger partial charge >= 0.3 is 0 Å². The van der Waals surface area contributed by atoms with E-state index in [1.807, 2.05) is 20.8 Å². The average molecular weight is 304 g/mol. The van der Waals surface area contributed by atoms with Crippen LogP contribution in [0.15, 0.2) is 23.4 Å². The number of carbonyl (C=O) groups excluding carboxylic acids is 2. The molecule has 1 rings (SSSR count). The molecule has 5 heteroatoms. The summed E-state index contributed by atoms with van der Waals surface area (Å²) in [5.41, 5.74) is 0.572. The lowest BCUT2D eigenvalue weighted by molar-refractivity contribution is -0.117. The summed E-state index contributed by atoms with van der Waals surface area (Å²) in [7, 11) is 0. The summed E-state index contributed by atoms with van der Waals surface area (Å²) in [6.45, 7) is 6.74. The molecule has 0 atom stereocenters. The number of alkyl halides is 2. The third kappa shape index (κ3) is 4.08. The van der Waals surface area contributed by atoms with E-state index in [1.54, 1.807) is 4.90 Å². The van der Waals surface area contributed by atoms with E-state index in [0.717, 1.165) is 0 Å². The van der Waals surface area contributed by atoms with Crippen molar-refractivity contribution in [2.24, 2.45) is 5.41 Å². The average Bonchev–Trinajstić information content (AvgIpc) is 2.30. The Balaban J connectivity index is 3.08. The van der Waals surface area contributed by atoms with E-state index in [-0.39, 0.29) is 17.0 Å². The van der Waals surface area contributed by atoms with Gasteiger partial charge in [0.25, 0.3) is 0 Å². The topological polar surface area (TPSA) is 37.4 Å². The Hall–Kier alpha value is -0.800. The van der Waals surface area contributed by atoms with Crippen LogP contribution in [0.1, 0.15) is 20.8 Å². The van der Waals surface area contributed by atoms with Gasteiger partial charge in [0, 0.05) is 36.5 Å². The smallest absolute Gasteiger partial charge is 0.205 e. The number of carbonyl (C=O) groups is 2. The normalized spacial score (nSPS) is 16.3. The molecule has 0 spiro atoms. The second kappa shape index (κ2) is 6.58. The van der Waals surface area contributed by atoms with Gasteiger partial charge in [0.15, 0.2) is 5.78 Å². The molecule has 0 aromatic rings. The van der Waals surface area contributed by atoms with Crippen LogP contribution in [0.3, 0.4) is 0 Å². The van der Waals surface area contributed by atoms with Gasteiger partial charge in [-0.1, -0.05) is 20.8 Å². The van der Waals surface area contributed by atoms with Gasteiger partial charge in [-0.25, -0.2) is 0 Å². The largest absolute Gasteiger partial charge is 0.366 e. The highest BCUT2D eigenvalue weighted by atomic mass is 35.5. The molecule has 3 nitrogen and oxygen atoms in total. The van der Waals surface area contributed by atoms with Crippen molar-refractivity contribution in [1.29, 1.82) is 0 Å². The molecule has 0 aromatic carbocycles. The summed E-state index contributed by atoms with van der Waals surface area (Å²) in [5.74, 6) is 0.491. The molecule has 0 aliphatic heterocycles. The van der Waals surface area contributed by atoms with Crippen molar-refractivity contribution >= 4 is 34.8 Å². The van der Waals surface area contributed by atoms with Crippen molar-refractivity contribution < 1.29 is 9.59 Å². The predicted molar refractivity (Wildman–Crippen MR) is 78.6 cm³/mol. The highest BCUT2D eigenvalue weighted by Crippen LogP contribution is 2.31. The van der Waals surface area contributed by atoms with Crippen LogP contribution in [0.25, 0.3) is 0 Å². The molecule has 0 radical (unpaired) electrons. The Bertz CT molecular complexity index is 427. The zero-order valence-corrected chi connectivity index (χ0v) is 13.0. The summed E-state index contributed by atoms with van der Waals surface area (Å²) in [6.07, 6.45) is 2.79. The minimum Gasteiger partial charge on any atom is -0.366 e. The molecule has 0 unspecified atom stereocenters. The summed E-state index contributed by atoms with van der Waals surface area (Å²) < 4.78 is 0. The highest BCUT2D eigenvalue weighted by Gasteiger charge is 2.32. The number of ketones is 2. The molecule has 0 saturated heterocycles.